The number of hydrogen-bond acceptors (Lipinski definition) is 5. The molecule has 0 bridgehead atoms. The summed E-state index contributed by atoms with van der Waals surface area (Å²) in [7, 11) is 1.76. The summed E-state index contributed by atoms with van der Waals surface area (Å²) in [6.07, 6.45) is 12.5. The van der Waals surface area contributed by atoms with E-state index in [1.165, 1.54) is 32.1 Å². The third kappa shape index (κ3) is 3.92. The van der Waals surface area contributed by atoms with Crippen LogP contribution in [0.25, 0.3) is 0 Å². The fourth-order valence-corrected chi connectivity index (χ4v) is 9.55. The summed E-state index contributed by atoms with van der Waals surface area (Å²) in [4.78, 5) is 0. The topological polar surface area (TPSA) is 91.3 Å². The van der Waals surface area contributed by atoms with Crippen molar-refractivity contribution in [2.45, 2.75) is 89.9 Å². The molecule has 4 saturated carbocycles. The van der Waals surface area contributed by atoms with Gasteiger partial charge < -0.3 is 14.9 Å². The quantitative estimate of drug-likeness (QED) is 0.667. The van der Waals surface area contributed by atoms with E-state index in [2.05, 4.69) is 18.1 Å². The SMILES string of the molecule is COC[C@@H]1C[C@H]2[C@H](CC[C@@H]3[C@@H]2CC[C@@]2(C)[C@H]3CC[C@@H]2[C@@](C)(O)Cn2cc(C#N)cn2)C[C@]1(C)O. The van der Waals surface area contributed by atoms with Crippen molar-refractivity contribution in [3.63, 3.8) is 0 Å². The number of nitrogens with zero attached hydrogens (tertiary/aromatic N) is 3. The Balaban J connectivity index is 1.33. The van der Waals surface area contributed by atoms with E-state index in [0.29, 0.717) is 36.5 Å². The van der Waals surface area contributed by atoms with Gasteiger partial charge in [-0.05, 0) is 106 Å². The Hall–Kier alpha value is -1.42. The number of hydrogen-bond donors (Lipinski definition) is 2. The van der Waals surface area contributed by atoms with Gasteiger partial charge in [-0.25, -0.2) is 0 Å². The molecule has 188 valence electrons. The third-order valence-corrected chi connectivity index (χ3v) is 11.0. The molecular formula is C28H43N3O3. The first-order valence-corrected chi connectivity index (χ1v) is 13.5. The molecule has 0 aliphatic heterocycles. The van der Waals surface area contributed by atoms with Crippen LogP contribution in [0.2, 0.25) is 0 Å². The van der Waals surface area contributed by atoms with Gasteiger partial charge in [0.05, 0.1) is 36.1 Å². The van der Waals surface area contributed by atoms with E-state index >= 15 is 0 Å². The Morgan fingerprint density at radius 2 is 2.00 bits per heavy atom. The number of fused-ring (bicyclic) bond motifs is 5. The van der Waals surface area contributed by atoms with Crippen molar-refractivity contribution in [2.24, 2.45) is 46.8 Å². The third-order valence-electron chi connectivity index (χ3n) is 11.0. The normalized spacial score (nSPS) is 45.5. The Labute approximate surface area is 204 Å². The van der Waals surface area contributed by atoms with Crippen molar-refractivity contribution in [3.05, 3.63) is 18.0 Å². The molecule has 10 atom stereocenters. The van der Waals surface area contributed by atoms with Gasteiger partial charge >= 0.3 is 0 Å². The fourth-order valence-electron chi connectivity index (χ4n) is 9.55. The molecule has 5 rings (SSSR count). The Bertz CT molecular complexity index is 934. The van der Waals surface area contributed by atoms with Crippen LogP contribution in [0.1, 0.15) is 77.7 Å². The molecule has 1 aromatic heterocycles. The standard InChI is InChI=1S/C28H43N3O3/c1-26-10-9-21-22(6-5-19-12-27(2,32)20(16-34-4)11-23(19)21)24(26)7-8-25(26)28(3,33)17-31-15-18(13-29)14-30-31/h14-15,19-25,32-33H,5-12,16-17H2,1-4H3/t19-,20+,21+,22-,23+,24+,25+,26+,27+,28+/m1/s1. The van der Waals surface area contributed by atoms with E-state index in [4.69, 9.17) is 10.00 Å². The Morgan fingerprint density at radius 1 is 1.21 bits per heavy atom. The zero-order valence-corrected chi connectivity index (χ0v) is 21.4. The number of rotatable bonds is 5. The first-order valence-electron chi connectivity index (χ1n) is 13.5. The Morgan fingerprint density at radius 3 is 2.71 bits per heavy atom. The second-order valence-electron chi connectivity index (χ2n) is 13.0. The molecule has 0 saturated heterocycles. The minimum Gasteiger partial charge on any atom is -0.390 e. The van der Waals surface area contributed by atoms with Gasteiger partial charge in [0.25, 0.3) is 0 Å². The van der Waals surface area contributed by atoms with Crippen LogP contribution in [-0.2, 0) is 11.3 Å². The van der Waals surface area contributed by atoms with Gasteiger partial charge in [-0.15, -0.1) is 0 Å². The van der Waals surface area contributed by atoms with Gasteiger partial charge in [0.1, 0.15) is 6.07 Å². The van der Waals surface area contributed by atoms with Crippen molar-refractivity contribution >= 4 is 0 Å². The molecule has 0 aromatic carbocycles. The van der Waals surface area contributed by atoms with Crippen LogP contribution in [0.15, 0.2) is 12.4 Å². The van der Waals surface area contributed by atoms with Gasteiger partial charge in [0.2, 0.25) is 0 Å². The van der Waals surface area contributed by atoms with E-state index < -0.39 is 11.2 Å². The average molecular weight is 470 g/mol. The molecule has 0 amide bonds. The van der Waals surface area contributed by atoms with Gasteiger partial charge in [-0.1, -0.05) is 6.92 Å². The molecule has 4 fully saturated rings. The lowest BCUT2D eigenvalue weighted by Crippen LogP contribution is -2.55. The predicted octanol–water partition coefficient (Wildman–Crippen LogP) is 4.40. The fraction of sp³-hybridized carbons (Fsp3) is 0.857. The first kappa shape index (κ1) is 24.3. The summed E-state index contributed by atoms with van der Waals surface area (Å²) in [6, 6.07) is 2.14. The highest BCUT2D eigenvalue weighted by Crippen LogP contribution is 2.66. The van der Waals surface area contributed by atoms with Gasteiger partial charge in [0, 0.05) is 19.2 Å². The van der Waals surface area contributed by atoms with Gasteiger partial charge in [0.15, 0.2) is 0 Å². The van der Waals surface area contributed by atoms with E-state index in [0.717, 1.165) is 31.1 Å². The lowest BCUT2D eigenvalue weighted by Gasteiger charge is -2.59. The lowest BCUT2D eigenvalue weighted by atomic mass is 9.47. The number of methoxy groups -OCH3 is 1. The van der Waals surface area contributed by atoms with Crippen molar-refractivity contribution in [1.82, 2.24) is 9.78 Å². The molecule has 1 heterocycles. The van der Waals surface area contributed by atoms with Crippen molar-refractivity contribution in [2.75, 3.05) is 13.7 Å². The average Bonchev–Trinajstić information content (AvgIpc) is 3.37. The summed E-state index contributed by atoms with van der Waals surface area (Å²) in [5, 5.41) is 36.3. The molecule has 1 aromatic rings. The summed E-state index contributed by atoms with van der Waals surface area (Å²) in [5.41, 5.74) is -0.766. The minimum atomic E-state index is -0.848. The smallest absolute Gasteiger partial charge is 0.102 e. The molecule has 4 aliphatic rings. The highest BCUT2D eigenvalue weighted by molar-refractivity contribution is 5.21. The number of aromatic nitrogens is 2. The van der Waals surface area contributed by atoms with Crippen LogP contribution in [-0.4, -0.2) is 44.9 Å². The summed E-state index contributed by atoms with van der Waals surface area (Å²) in [5.74, 6) is 3.98. The summed E-state index contributed by atoms with van der Waals surface area (Å²) in [6.45, 7) is 7.56. The number of ether oxygens (including phenoxy) is 1. The summed E-state index contributed by atoms with van der Waals surface area (Å²) < 4.78 is 7.26. The second-order valence-corrected chi connectivity index (χ2v) is 13.0. The van der Waals surface area contributed by atoms with E-state index in [1.807, 2.05) is 13.8 Å². The van der Waals surface area contributed by atoms with Crippen molar-refractivity contribution < 1.29 is 14.9 Å². The highest BCUT2D eigenvalue weighted by Gasteiger charge is 2.61. The van der Waals surface area contributed by atoms with E-state index in [9.17, 15) is 10.2 Å². The maximum Gasteiger partial charge on any atom is 0.102 e. The van der Waals surface area contributed by atoms with Gasteiger partial charge in [-0.3, -0.25) is 4.68 Å². The predicted molar refractivity (Wildman–Crippen MR) is 130 cm³/mol. The molecule has 0 spiro atoms. The lowest BCUT2D eigenvalue weighted by molar-refractivity contribution is -0.148. The van der Waals surface area contributed by atoms with Crippen LogP contribution < -0.4 is 0 Å². The number of aliphatic hydroxyl groups is 2. The monoisotopic (exact) mass is 469 g/mol. The van der Waals surface area contributed by atoms with Crippen LogP contribution in [0.3, 0.4) is 0 Å². The number of nitriles is 1. The Kier molecular flexibility index (Phi) is 6.15. The van der Waals surface area contributed by atoms with Crippen molar-refractivity contribution in [1.29, 1.82) is 5.26 Å². The zero-order valence-electron chi connectivity index (χ0n) is 21.4. The van der Waals surface area contributed by atoms with Crippen LogP contribution in [0.4, 0.5) is 0 Å². The van der Waals surface area contributed by atoms with E-state index in [-0.39, 0.29) is 17.3 Å². The largest absolute Gasteiger partial charge is 0.390 e. The van der Waals surface area contributed by atoms with E-state index in [1.54, 1.807) is 24.2 Å². The maximum absolute atomic E-state index is 11.7. The molecule has 2 N–H and O–H groups in total. The minimum absolute atomic E-state index is 0.148. The molecule has 0 unspecified atom stereocenters. The highest BCUT2D eigenvalue weighted by atomic mass is 16.5. The molecule has 0 radical (unpaired) electrons. The maximum atomic E-state index is 11.7. The molecule has 6 heteroatoms. The van der Waals surface area contributed by atoms with Crippen molar-refractivity contribution in [3.8, 4) is 6.07 Å². The van der Waals surface area contributed by atoms with Crippen LogP contribution in [0, 0.1) is 58.2 Å². The molecular weight excluding hydrogens is 426 g/mol. The van der Waals surface area contributed by atoms with Crippen LogP contribution in [0.5, 0.6) is 0 Å². The second kappa shape index (κ2) is 8.61. The van der Waals surface area contributed by atoms with Gasteiger partial charge in [-0.2, -0.15) is 10.4 Å². The molecule has 4 aliphatic carbocycles. The first-order chi connectivity index (χ1) is 16.1. The summed E-state index contributed by atoms with van der Waals surface area (Å²) >= 11 is 0. The van der Waals surface area contributed by atoms with Crippen LogP contribution >= 0.6 is 0 Å². The molecule has 6 nitrogen and oxygen atoms in total. The molecule has 34 heavy (non-hydrogen) atoms. The zero-order chi connectivity index (χ0) is 24.3.